The van der Waals surface area contributed by atoms with Crippen molar-refractivity contribution in [3.05, 3.63) is 41.5 Å². The van der Waals surface area contributed by atoms with E-state index >= 15 is 0 Å². The Hall–Kier alpha value is -3.84. The van der Waals surface area contributed by atoms with E-state index in [1.807, 2.05) is 13.0 Å². The van der Waals surface area contributed by atoms with Gasteiger partial charge in [0.1, 0.15) is 17.5 Å². The number of aryl methyl sites for hydroxylation is 1. The Kier molecular flexibility index (Phi) is 6.51. The van der Waals surface area contributed by atoms with Gasteiger partial charge >= 0.3 is 0 Å². The normalized spacial score (nSPS) is 11.1. The van der Waals surface area contributed by atoms with Crippen LogP contribution in [0.1, 0.15) is 11.3 Å². The van der Waals surface area contributed by atoms with Crippen LogP contribution in [0.2, 0.25) is 0 Å². The Morgan fingerprint density at radius 3 is 2.74 bits per heavy atom. The third-order valence-electron chi connectivity index (χ3n) is 3.50. The highest BCUT2D eigenvalue weighted by atomic mass is 16.5. The molecule has 0 bridgehead atoms. The van der Waals surface area contributed by atoms with E-state index in [1.54, 1.807) is 32.4 Å². The average molecular weight is 367 g/mol. The average Bonchev–Trinajstić information content (AvgIpc) is 2.68. The number of ether oxygens (including phenoxy) is 1. The zero-order chi connectivity index (χ0) is 19.8. The number of aliphatic imine (C=N–C) groups is 1. The first-order valence-corrected chi connectivity index (χ1v) is 7.91. The third-order valence-corrected chi connectivity index (χ3v) is 3.50. The van der Waals surface area contributed by atoms with Gasteiger partial charge in [0.05, 0.1) is 17.6 Å². The van der Waals surface area contributed by atoms with Crippen LogP contribution in [0.25, 0.3) is 0 Å². The van der Waals surface area contributed by atoms with Gasteiger partial charge in [-0.2, -0.15) is 10.2 Å². The fraction of sp³-hybridized carbons (Fsp3) is 0.176. The summed E-state index contributed by atoms with van der Waals surface area (Å²) in [4.78, 5) is 12.3. The number of nitrogens with zero attached hydrogens (tertiary/aromatic N) is 4. The van der Waals surface area contributed by atoms with E-state index in [9.17, 15) is 0 Å². The predicted octanol–water partition coefficient (Wildman–Crippen LogP) is 1.69. The maximum Gasteiger partial charge on any atom is 0.223 e. The minimum Gasteiger partial charge on any atom is -0.437 e. The number of nitrogens with one attached hydrogen (secondary N) is 3. The molecule has 0 aliphatic heterocycles. The fourth-order valence-electron chi connectivity index (χ4n) is 2.24. The fourth-order valence-corrected chi connectivity index (χ4v) is 2.24. The van der Waals surface area contributed by atoms with Crippen LogP contribution >= 0.6 is 0 Å². The Morgan fingerprint density at radius 1 is 1.41 bits per heavy atom. The third kappa shape index (κ3) is 4.62. The second-order valence-electron chi connectivity index (χ2n) is 5.31. The highest BCUT2D eigenvalue weighted by molar-refractivity contribution is 5.88. The first kappa shape index (κ1) is 19.5. The first-order valence-electron chi connectivity index (χ1n) is 7.91. The molecule has 0 unspecified atom stereocenters. The van der Waals surface area contributed by atoms with Gasteiger partial charge in [-0.15, -0.1) is 0 Å². The number of pyridine rings is 2. The molecule has 2 heterocycles. The van der Waals surface area contributed by atoms with Gasteiger partial charge < -0.3 is 26.5 Å². The van der Waals surface area contributed by atoms with E-state index in [4.69, 9.17) is 21.6 Å². The Labute approximate surface area is 156 Å². The van der Waals surface area contributed by atoms with Gasteiger partial charge in [0, 0.05) is 32.6 Å². The summed E-state index contributed by atoms with van der Waals surface area (Å²) >= 11 is 0. The molecular weight excluding hydrogens is 346 g/mol. The van der Waals surface area contributed by atoms with Crippen molar-refractivity contribution >= 4 is 23.4 Å². The quantitative estimate of drug-likeness (QED) is 0.279. The van der Waals surface area contributed by atoms with Gasteiger partial charge in [0.15, 0.2) is 11.6 Å². The number of allylic oxidation sites excluding steroid dienone is 1. The van der Waals surface area contributed by atoms with Crippen molar-refractivity contribution in [2.75, 3.05) is 30.2 Å². The van der Waals surface area contributed by atoms with Crippen molar-refractivity contribution in [3.63, 3.8) is 0 Å². The van der Waals surface area contributed by atoms with Crippen molar-refractivity contribution in [3.8, 4) is 17.7 Å². The Balaban J connectivity index is 2.45. The minimum atomic E-state index is 0.292. The molecule has 0 aliphatic rings. The summed E-state index contributed by atoms with van der Waals surface area (Å²) < 4.78 is 5.85. The molecule has 27 heavy (non-hydrogen) atoms. The number of nitrogens with two attached hydrogens (primary N) is 2. The molecule has 10 heteroatoms. The maximum absolute atomic E-state index is 8.93. The van der Waals surface area contributed by atoms with E-state index in [0.29, 0.717) is 40.2 Å². The standard InChI is InChI=1S/C17H21N9O/c1-10-4-11(6-18)23-9-14(10)27-15-5-13(24-12(7-19)8-21-2)16(26-20)17(22-3)25-15/h4-5,7-9,26H,19-20H2,1-3H3,(H2,22,24,25). The number of aromatic nitrogens is 2. The van der Waals surface area contributed by atoms with Crippen LogP contribution in [-0.2, 0) is 0 Å². The molecule has 0 saturated carbocycles. The number of hydrogen-bond acceptors (Lipinski definition) is 10. The SMILES string of the molecule is CN=CC(=CN)Nc1cc(Oc2cnc(C#N)cc2C)nc(NC)c1NN. The molecule has 0 aliphatic carbocycles. The van der Waals surface area contributed by atoms with E-state index in [-0.39, 0.29) is 0 Å². The van der Waals surface area contributed by atoms with Crippen molar-refractivity contribution in [2.24, 2.45) is 16.6 Å². The summed E-state index contributed by atoms with van der Waals surface area (Å²) in [5, 5.41) is 15.0. The first-order chi connectivity index (χ1) is 13.1. The van der Waals surface area contributed by atoms with Crippen molar-refractivity contribution in [2.45, 2.75) is 6.92 Å². The van der Waals surface area contributed by atoms with Gasteiger partial charge in [0.2, 0.25) is 5.88 Å². The van der Waals surface area contributed by atoms with Crippen molar-refractivity contribution < 1.29 is 4.74 Å². The van der Waals surface area contributed by atoms with Crippen LogP contribution in [-0.4, -0.2) is 30.3 Å². The largest absolute Gasteiger partial charge is 0.437 e. The molecule has 0 aromatic carbocycles. The molecule has 2 aromatic heterocycles. The lowest BCUT2D eigenvalue weighted by Gasteiger charge is -2.17. The van der Waals surface area contributed by atoms with Crippen LogP contribution in [0.5, 0.6) is 11.6 Å². The summed E-state index contributed by atoms with van der Waals surface area (Å²) in [6, 6.07) is 5.28. The number of nitrogen functional groups attached to an aromatic ring is 1. The molecule has 0 radical (unpaired) electrons. The number of rotatable bonds is 7. The van der Waals surface area contributed by atoms with Crippen LogP contribution < -0.4 is 32.4 Å². The van der Waals surface area contributed by atoms with Crippen LogP contribution in [0.4, 0.5) is 17.2 Å². The Morgan fingerprint density at radius 2 is 2.19 bits per heavy atom. The lowest BCUT2D eigenvalue weighted by molar-refractivity contribution is 0.458. The molecule has 140 valence electrons. The molecule has 10 nitrogen and oxygen atoms in total. The van der Waals surface area contributed by atoms with Gasteiger partial charge in [-0.1, -0.05) is 0 Å². The highest BCUT2D eigenvalue weighted by Crippen LogP contribution is 2.34. The number of hydrogen-bond donors (Lipinski definition) is 5. The van der Waals surface area contributed by atoms with E-state index in [1.165, 1.54) is 12.4 Å². The van der Waals surface area contributed by atoms with Crippen LogP contribution in [0.15, 0.2) is 35.2 Å². The molecule has 0 atom stereocenters. The summed E-state index contributed by atoms with van der Waals surface area (Å²) in [5.74, 6) is 6.87. The zero-order valence-electron chi connectivity index (χ0n) is 15.2. The zero-order valence-corrected chi connectivity index (χ0v) is 15.2. The number of anilines is 3. The van der Waals surface area contributed by atoms with E-state index in [2.05, 4.69) is 31.0 Å². The second-order valence-corrected chi connectivity index (χ2v) is 5.31. The Bertz CT molecular complexity index is 915. The smallest absolute Gasteiger partial charge is 0.223 e. The lowest BCUT2D eigenvalue weighted by atomic mass is 10.2. The summed E-state index contributed by atoms with van der Waals surface area (Å²) in [6.07, 6.45) is 4.42. The van der Waals surface area contributed by atoms with Gasteiger partial charge in [-0.25, -0.2) is 4.98 Å². The van der Waals surface area contributed by atoms with Crippen LogP contribution in [0, 0.1) is 18.3 Å². The van der Waals surface area contributed by atoms with E-state index in [0.717, 1.165) is 5.56 Å². The lowest BCUT2D eigenvalue weighted by Crippen LogP contribution is -2.14. The van der Waals surface area contributed by atoms with Gasteiger partial charge in [0.25, 0.3) is 0 Å². The molecular formula is C17H21N9O. The minimum absolute atomic E-state index is 0.292. The van der Waals surface area contributed by atoms with E-state index < -0.39 is 0 Å². The molecule has 0 amide bonds. The topological polar surface area (TPSA) is 159 Å². The summed E-state index contributed by atoms with van der Waals surface area (Å²) in [6.45, 7) is 1.82. The predicted molar refractivity (Wildman–Crippen MR) is 106 cm³/mol. The summed E-state index contributed by atoms with van der Waals surface area (Å²) in [5.41, 5.74) is 10.9. The van der Waals surface area contributed by atoms with Gasteiger partial charge in [-0.05, 0) is 18.6 Å². The molecule has 0 fully saturated rings. The van der Waals surface area contributed by atoms with Gasteiger partial charge in [-0.3, -0.25) is 10.8 Å². The number of nitriles is 1. The molecule has 0 spiro atoms. The second kappa shape index (κ2) is 9.02. The maximum atomic E-state index is 8.93. The monoisotopic (exact) mass is 367 g/mol. The number of hydrazine groups is 1. The van der Waals surface area contributed by atoms with Crippen molar-refractivity contribution in [1.82, 2.24) is 9.97 Å². The summed E-state index contributed by atoms with van der Waals surface area (Å²) in [7, 11) is 3.34. The van der Waals surface area contributed by atoms with Crippen molar-refractivity contribution in [1.29, 1.82) is 5.26 Å². The molecule has 7 N–H and O–H groups in total. The highest BCUT2D eigenvalue weighted by Gasteiger charge is 2.14. The molecule has 2 aromatic rings. The molecule has 2 rings (SSSR count). The molecule has 0 saturated heterocycles. The van der Waals surface area contributed by atoms with Crippen LogP contribution in [0.3, 0.4) is 0 Å².